The van der Waals surface area contributed by atoms with Gasteiger partial charge in [-0.25, -0.2) is 0 Å². The average molecular weight is 229 g/mol. The van der Waals surface area contributed by atoms with Crippen molar-refractivity contribution < 1.29 is 13.5 Å². The molecule has 0 bridgehead atoms. The average Bonchev–Trinajstić information content (AvgIpc) is 2.26. The molecule has 16 heavy (non-hydrogen) atoms. The van der Waals surface area contributed by atoms with Crippen molar-refractivity contribution in [2.45, 2.75) is 32.8 Å². The van der Waals surface area contributed by atoms with E-state index in [4.69, 9.17) is 0 Å². The Kier molecular flexibility index (Phi) is 5.61. The third kappa shape index (κ3) is 4.47. The number of rotatable bonds is 7. The number of para-hydroxylation sites is 2. The second kappa shape index (κ2) is 7.04. The maximum absolute atomic E-state index is 12.1. The Labute approximate surface area is 94.6 Å². The largest absolute Gasteiger partial charge is 0.433 e. The van der Waals surface area contributed by atoms with Crippen LogP contribution in [0.5, 0.6) is 5.75 Å². The highest BCUT2D eigenvalue weighted by Crippen LogP contribution is 2.25. The Bertz CT molecular complexity index is 305. The number of hydrogen-bond donors (Lipinski definition) is 1. The highest BCUT2D eigenvalue weighted by Gasteiger charge is 2.07. The minimum atomic E-state index is -2.78. The lowest BCUT2D eigenvalue weighted by atomic mass is 10.2. The third-order valence-electron chi connectivity index (χ3n) is 2.20. The monoisotopic (exact) mass is 229 g/mol. The van der Waals surface area contributed by atoms with Crippen molar-refractivity contribution in [3.8, 4) is 5.75 Å². The van der Waals surface area contributed by atoms with Crippen molar-refractivity contribution >= 4 is 5.69 Å². The van der Waals surface area contributed by atoms with Gasteiger partial charge in [-0.2, -0.15) is 8.78 Å². The van der Waals surface area contributed by atoms with E-state index in [0.29, 0.717) is 5.69 Å². The van der Waals surface area contributed by atoms with E-state index in [2.05, 4.69) is 17.0 Å². The van der Waals surface area contributed by atoms with Crippen LogP contribution in [0.2, 0.25) is 0 Å². The fraction of sp³-hybridized carbons (Fsp3) is 0.500. The van der Waals surface area contributed by atoms with Crippen LogP contribution in [-0.4, -0.2) is 13.2 Å². The maximum Gasteiger partial charge on any atom is 0.387 e. The molecule has 0 amide bonds. The Morgan fingerprint density at radius 1 is 1.25 bits per heavy atom. The zero-order valence-corrected chi connectivity index (χ0v) is 9.38. The van der Waals surface area contributed by atoms with Gasteiger partial charge in [0.15, 0.2) is 0 Å². The highest BCUT2D eigenvalue weighted by atomic mass is 19.3. The van der Waals surface area contributed by atoms with Gasteiger partial charge in [0.1, 0.15) is 5.75 Å². The van der Waals surface area contributed by atoms with Crippen molar-refractivity contribution in [3.63, 3.8) is 0 Å². The van der Waals surface area contributed by atoms with Gasteiger partial charge in [0.05, 0.1) is 5.69 Å². The molecule has 90 valence electrons. The fourth-order valence-corrected chi connectivity index (χ4v) is 1.41. The Morgan fingerprint density at radius 2 is 2.00 bits per heavy atom. The molecule has 0 aliphatic carbocycles. The standard InChI is InChI=1S/C12H17F2NO/c1-2-3-6-9-15-10-7-4-5-8-11(10)16-12(13)14/h4-5,7-8,12,15H,2-3,6,9H2,1H3. The van der Waals surface area contributed by atoms with E-state index in [1.54, 1.807) is 18.2 Å². The van der Waals surface area contributed by atoms with Crippen LogP contribution in [0.15, 0.2) is 24.3 Å². The summed E-state index contributed by atoms with van der Waals surface area (Å²) in [5.74, 6) is 0.203. The Morgan fingerprint density at radius 3 is 2.69 bits per heavy atom. The number of unbranched alkanes of at least 4 members (excludes halogenated alkanes) is 2. The first-order valence-electron chi connectivity index (χ1n) is 5.51. The van der Waals surface area contributed by atoms with Crippen LogP contribution in [0.25, 0.3) is 0 Å². The van der Waals surface area contributed by atoms with Gasteiger partial charge in [-0.1, -0.05) is 31.9 Å². The van der Waals surface area contributed by atoms with Gasteiger partial charge in [0, 0.05) is 6.54 Å². The van der Waals surface area contributed by atoms with Crippen LogP contribution < -0.4 is 10.1 Å². The van der Waals surface area contributed by atoms with Gasteiger partial charge in [0.25, 0.3) is 0 Å². The maximum atomic E-state index is 12.1. The number of hydrogen-bond acceptors (Lipinski definition) is 2. The minimum absolute atomic E-state index is 0.203. The summed E-state index contributed by atoms with van der Waals surface area (Å²) in [7, 11) is 0. The van der Waals surface area contributed by atoms with Crippen molar-refractivity contribution in [2.75, 3.05) is 11.9 Å². The molecular formula is C12H17F2NO. The van der Waals surface area contributed by atoms with Crippen molar-refractivity contribution in [3.05, 3.63) is 24.3 Å². The van der Waals surface area contributed by atoms with Crippen LogP contribution in [-0.2, 0) is 0 Å². The van der Waals surface area contributed by atoms with Crippen molar-refractivity contribution in [1.29, 1.82) is 0 Å². The Balaban J connectivity index is 2.50. The topological polar surface area (TPSA) is 21.3 Å². The van der Waals surface area contributed by atoms with Crippen LogP contribution >= 0.6 is 0 Å². The molecule has 1 aromatic rings. The van der Waals surface area contributed by atoms with Gasteiger partial charge in [-0.3, -0.25) is 0 Å². The molecular weight excluding hydrogens is 212 g/mol. The highest BCUT2D eigenvalue weighted by molar-refractivity contribution is 5.56. The Hall–Kier alpha value is -1.32. The van der Waals surface area contributed by atoms with E-state index in [9.17, 15) is 8.78 Å². The molecule has 0 atom stereocenters. The summed E-state index contributed by atoms with van der Waals surface area (Å²) in [5.41, 5.74) is 0.624. The third-order valence-corrected chi connectivity index (χ3v) is 2.20. The summed E-state index contributed by atoms with van der Waals surface area (Å²) >= 11 is 0. The fourth-order valence-electron chi connectivity index (χ4n) is 1.41. The second-order valence-electron chi connectivity index (χ2n) is 3.51. The predicted molar refractivity (Wildman–Crippen MR) is 61.1 cm³/mol. The molecule has 2 nitrogen and oxygen atoms in total. The number of anilines is 1. The molecule has 0 saturated carbocycles. The van der Waals surface area contributed by atoms with Gasteiger partial charge >= 0.3 is 6.61 Å². The molecule has 1 N–H and O–H groups in total. The molecule has 0 aliphatic rings. The summed E-state index contributed by atoms with van der Waals surface area (Å²) < 4.78 is 28.6. The first kappa shape index (κ1) is 12.7. The van der Waals surface area contributed by atoms with E-state index in [-0.39, 0.29) is 5.75 Å². The molecule has 0 saturated heterocycles. The van der Waals surface area contributed by atoms with Crippen LogP contribution in [0.3, 0.4) is 0 Å². The summed E-state index contributed by atoms with van der Waals surface area (Å²) in [4.78, 5) is 0. The predicted octanol–water partition coefficient (Wildman–Crippen LogP) is 3.89. The number of ether oxygens (including phenoxy) is 1. The van der Waals surface area contributed by atoms with Gasteiger partial charge in [-0.05, 0) is 18.6 Å². The lowest BCUT2D eigenvalue weighted by Gasteiger charge is -2.12. The van der Waals surface area contributed by atoms with Crippen LogP contribution in [0, 0.1) is 0 Å². The lowest BCUT2D eigenvalue weighted by molar-refractivity contribution is -0.0493. The first-order chi connectivity index (χ1) is 7.74. The van der Waals surface area contributed by atoms with E-state index >= 15 is 0 Å². The minimum Gasteiger partial charge on any atom is -0.433 e. The summed E-state index contributed by atoms with van der Waals surface area (Å²) in [5, 5.41) is 3.10. The van der Waals surface area contributed by atoms with Gasteiger partial charge in [0.2, 0.25) is 0 Å². The molecule has 0 heterocycles. The quantitative estimate of drug-likeness (QED) is 0.716. The van der Waals surface area contributed by atoms with Gasteiger partial charge < -0.3 is 10.1 Å². The lowest BCUT2D eigenvalue weighted by Crippen LogP contribution is -2.07. The van der Waals surface area contributed by atoms with E-state index in [1.165, 1.54) is 6.07 Å². The number of alkyl halides is 2. The van der Waals surface area contributed by atoms with E-state index < -0.39 is 6.61 Å². The van der Waals surface area contributed by atoms with Gasteiger partial charge in [-0.15, -0.1) is 0 Å². The summed E-state index contributed by atoms with van der Waals surface area (Å²) in [6.07, 6.45) is 3.29. The summed E-state index contributed by atoms with van der Waals surface area (Å²) in [6, 6.07) is 6.74. The zero-order chi connectivity index (χ0) is 11.8. The molecule has 4 heteroatoms. The molecule has 0 aliphatic heterocycles. The van der Waals surface area contributed by atoms with Crippen molar-refractivity contribution in [1.82, 2.24) is 0 Å². The normalized spacial score (nSPS) is 10.5. The number of benzene rings is 1. The smallest absolute Gasteiger partial charge is 0.387 e. The molecule has 0 unspecified atom stereocenters. The van der Waals surface area contributed by atoms with Crippen LogP contribution in [0.1, 0.15) is 26.2 Å². The number of halogens is 2. The molecule has 0 radical (unpaired) electrons. The number of nitrogens with one attached hydrogen (secondary N) is 1. The summed E-state index contributed by atoms with van der Waals surface area (Å²) in [6.45, 7) is 0.115. The molecule has 0 aromatic heterocycles. The molecule has 1 aromatic carbocycles. The van der Waals surface area contributed by atoms with Crippen LogP contribution in [0.4, 0.5) is 14.5 Å². The molecule has 0 fully saturated rings. The molecule has 0 spiro atoms. The second-order valence-corrected chi connectivity index (χ2v) is 3.51. The SMILES string of the molecule is CCCCCNc1ccccc1OC(F)F. The first-order valence-corrected chi connectivity index (χ1v) is 5.51. The van der Waals surface area contributed by atoms with Crippen molar-refractivity contribution in [2.24, 2.45) is 0 Å². The zero-order valence-electron chi connectivity index (χ0n) is 9.38. The van der Waals surface area contributed by atoms with E-state index in [1.807, 2.05) is 0 Å². The van der Waals surface area contributed by atoms with E-state index in [0.717, 1.165) is 25.8 Å². The molecule has 1 rings (SSSR count).